The second-order valence-electron chi connectivity index (χ2n) is 12.8. The molecule has 206 valence electrons. The predicted molar refractivity (Wildman–Crippen MR) is 142 cm³/mol. The van der Waals surface area contributed by atoms with Crippen LogP contribution in [0.15, 0.2) is 34.9 Å². The Morgan fingerprint density at radius 2 is 1.78 bits per heavy atom. The quantitative estimate of drug-likeness (QED) is 0.217. The molecule has 8 heteroatoms. The third kappa shape index (κ3) is 4.30. The van der Waals surface area contributed by atoms with Gasteiger partial charge in [0.2, 0.25) is 0 Å². The first kappa shape index (κ1) is 28.0. The molecule has 0 amide bonds. The Morgan fingerprint density at radius 3 is 2.38 bits per heavy atom. The van der Waals surface area contributed by atoms with Crippen LogP contribution in [0.3, 0.4) is 0 Å². The Hall–Kier alpha value is -2.00. The molecule has 4 aliphatic rings. The van der Waals surface area contributed by atoms with Crippen molar-refractivity contribution in [3.05, 3.63) is 34.9 Å². The highest BCUT2D eigenvalue weighted by atomic mass is 16.5. The highest BCUT2D eigenvalue weighted by Crippen LogP contribution is 2.69. The van der Waals surface area contributed by atoms with Gasteiger partial charge in [-0.1, -0.05) is 31.6 Å². The monoisotopic (exact) mass is 515 g/mol. The van der Waals surface area contributed by atoms with Crippen molar-refractivity contribution in [2.75, 3.05) is 0 Å². The van der Waals surface area contributed by atoms with Crippen LogP contribution >= 0.6 is 0 Å². The van der Waals surface area contributed by atoms with Gasteiger partial charge in [0.25, 0.3) is 0 Å². The molecule has 0 aromatic carbocycles. The van der Waals surface area contributed by atoms with E-state index < -0.39 is 35.1 Å². The van der Waals surface area contributed by atoms with Gasteiger partial charge in [0, 0.05) is 24.5 Å². The van der Waals surface area contributed by atoms with Crippen molar-refractivity contribution in [2.24, 2.45) is 45.8 Å². The molecule has 10 atom stereocenters. The van der Waals surface area contributed by atoms with Gasteiger partial charge in [-0.05, 0) is 92.6 Å². The third-order valence-corrected chi connectivity index (χ3v) is 10.5. The molecule has 4 saturated carbocycles. The van der Waals surface area contributed by atoms with Crippen molar-refractivity contribution in [2.45, 2.75) is 103 Å². The van der Waals surface area contributed by atoms with E-state index in [4.69, 9.17) is 21.9 Å². The van der Waals surface area contributed by atoms with Gasteiger partial charge in [-0.3, -0.25) is 4.79 Å². The van der Waals surface area contributed by atoms with Crippen molar-refractivity contribution >= 4 is 11.9 Å². The number of aliphatic hydroxyl groups is 1. The molecule has 4 rings (SSSR count). The van der Waals surface area contributed by atoms with Crippen LogP contribution in [0, 0.1) is 28.6 Å². The van der Waals surface area contributed by atoms with Crippen LogP contribution in [0.2, 0.25) is 0 Å². The first-order chi connectivity index (χ1) is 17.2. The van der Waals surface area contributed by atoms with E-state index in [0.717, 1.165) is 18.4 Å². The van der Waals surface area contributed by atoms with Gasteiger partial charge in [-0.15, -0.1) is 0 Å². The number of hydrogen-bond acceptors (Lipinski definition) is 7. The molecule has 0 unspecified atom stereocenters. The highest BCUT2D eigenvalue weighted by molar-refractivity contribution is 5.91. The number of nitrogens with two attached hydrogens (primary N) is 3. The van der Waals surface area contributed by atoms with Gasteiger partial charge in [0.1, 0.15) is 6.10 Å². The summed E-state index contributed by atoms with van der Waals surface area (Å²) in [5.74, 6) is -1.67. The molecule has 0 radical (unpaired) electrons. The van der Waals surface area contributed by atoms with E-state index in [9.17, 15) is 19.8 Å². The summed E-state index contributed by atoms with van der Waals surface area (Å²) in [4.78, 5) is 24.7. The number of aliphatic carboxylic acids is 1. The van der Waals surface area contributed by atoms with Gasteiger partial charge in [-0.2, -0.15) is 0 Å². The minimum Gasteiger partial charge on any atom is -0.478 e. The van der Waals surface area contributed by atoms with E-state index in [-0.39, 0.29) is 40.8 Å². The van der Waals surface area contributed by atoms with E-state index in [2.05, 4.69) is 13.8 Å². The summed E-state index contributed by atoms with van der Waals surface area (Å²) in [6.07, 6.45) is 7.87. The molecule has 0 aromatic rings. The van der Waals surface area contributed by atoms with Gasteiger partial charge in [0.15, 0.2) is 0 Å². The molecule has 4 aliphatic carbocycles. The fraction of sp³-hybridized carbons (Fsp3) is 0.724. The fourth-order valence-corrected chi connectivity index (χ4v) is 8.91. The number of carbonyl (C=O) groups is 2. The van der Waals surface area contributed by atoms with E-state index >= 15 is 0 Å². The van der Waals surface area contributed by atoms with E-state index in [0.29, 0.717) is 31.3 Å². The molecule has 0 spiro atoms. The van der Waals surface area contributed by atoms with Gasteiger partial charge in [0.05, 0.1) is 11.7 Å². The Bertz CT molecular complexity index is 1050. The molecule has 0 saturated heterocycles. The summed E-state index contributed by atoms with van der Waals surface area (Å²) in [5.41, 5.74) is 21.4. The van der Waals surface area contributed by atoms with Crippen LogP contribution in [0.4, 0.5) is 0 Å². The number of carboxylic acid groups (broad SMARTS) is 1. The predicted octanol–water partition coefficient (Wildman–Crippen LogP) is 2.79. The summed E-state index contributed by atoms with van der Waals surface area (Å²) >= 11 is 0. The molecule has 0 aliphatic heterocycles. The fourth-order valence-electron chi connectivity index (χ4n) is 8.91. The zero-order valence-electron chi connectivity index (χ0n) is 22.9. The van der Waals surface area contributed by atoms with Crippen LogP contribution in [-0.2, 0) is 14.3 Å². The lowest BCUT2D eigenvalue weighted by Gasteiger charge is -2.68. The van der Waals surface area contributed by atoms with Gasteiger partial charge < -0.3 is 32.2 Å². The Morgan fingerprint density at radius 1 is 1.11 bits per heavy atom. The summed E-state index contributed by atoms with van der Waals surface area (Å²) < 4.78 is 5.80. The lowest BCUT2D eigenvalue weighted by molar-refractivity contribution is -0.160. The van der Waals surface area contributed by atoms with Crippen LogP contribution in [0.1, 0.15) is 73.1 Å². The molecule has 4 fully saturated rings. The molecule has 8 nitrogen and oxygen atoms in total. The number of fused-ring (bicyclic) bond motifs is 5. The lowest BCUT2D eigenvalue weighted by Crippen LogP contribution is -2.76. The average Bonchev–Trinajstić information content (AvgIpc) is 3.05. The van der Waals surface area contributed by atoms with Crippen LogP contribution < -0.4 is 17.2 Å². The lowest BCUT2D eigenvalue weighted by atomic mass is 9.39. The second-order valence-corrected chi connectivity index (χ2v) is 12.8. The number of ether oxygens (including phenoxy) is 1. The molecule has 8 N–H and O–H groups in total. The maximum Gasteiger partial charge on any atom is 0.335 e. The number of carboxylic acids is 1. The Labute approximate surface area is 220 Å². The van der Waals surface area contributed by atoms with Gasteiger partial charge >= 0.3 is 11.9 Å². The Kier molecular flexibility index (Phi) is 7.29. The molecule has 0 bridgehead atoms. The first-order valence-electron chi connectivity index (χ1n) is 13.6. The number of aliphatic hydroxyl groups excluding tert-OH is 1. The first-order valence-corrected chi connectivity index (χ1v) is 13.6. The summed E-state index contributed by atoms with van der Waals surface area (Å²) in [7, 11) is 0. The zero-order valence-corrected chi connectivity index (χ0v) is 22.9. The SMILES string of the molecule is CC(=O)O[C@H]1C[C@@]2(C)[C@@H](C[C@@H](N)[C@H]3[C@@]4(C)CC[C@@H](O)[C@@H](N)[C@@H]4CC[C@@]32N)/C1=C(\C=C/C=C(C)C)C(=O)O. The maximum atomic E-state index is 12.6. The van der Waals surface area contributed by atoms with E-state index in [1.807, 2.05) is 19.9 Å². The number of rotatable bonds is 4. The van der Waals surface area contributed by atoms with Crippen LogP contribution in [-0.4, -0.2) is 52.0 Å². The topological polar surface area (TPSA) is 162 Å². The van der Waals surface area contributed by atoms with Crippen molar-refractivity contribution in [3.8, 4) is 0 Å². The number of carbonyl (C=O) groups excluding carboxylic acids is 1. The number of esters is 1. The van der Waals surface area contributed by atoms with Crippen LogP contribution in [0.5, 0.6) is 0 Å². The smallest absolute Gasteiger partial charge is 0.335 e. The minimum absolute atomic E-state index is 0.0506. The van der Waals surface area contributed by atoms with Crippen molar-refractivity contribution in [1.29, 1.82) is 0 Å². The molecular weight excluding hydrogens is 470 g/mol. The summed E-state index contributed by atoms with van der Waals surface area (Å²) in [6, 6.07) is -0.589. The highest BCUT2D eigenvalue weighted by Gasteiger charge is 2.71. The van der Waals surface area contributed by atoms with Crippen molar-refractivity contribution in [1.82, 2.24) is 0 Å². The number of hydrogen-bond donors (Lipinski definition) is 5. The van der Waals surface area contributed by atoms with Gasteiger partial charge in [-0.25, -0.2) is 4.79 Å². The third-order valence-electron chi connectivity index (χ3n) is 10.5. The molecular formula is C29H45N3O5. The van der Waals surface area contributed by atoms with Crippen molar-refractivity contribution < 1.29 is 24.5 Å². The standard InChI is InChI=1S/C29H45N3O5/c1-15(2)7-6-8-17(26(35)36)23-19-13-20(30)25-27(4)11-10-21(34)24(31)18(27)9-12-29(25,32)28(19,5)14-22(23)37-16(3)33/h6-8,18-22,24-25,34H,9-14,30-32H2,1-5H3,(H,35,36)/b8-6-,23-17-/t18-,19-,20+,21+,22-,24-,25-,27-,28-,29+/m0/s1. The average molecular weight is 516 g/mol. The number of allylic oxidation sites excluding steroid dienone is 3. The molecule has 0 aromatic heterocycles. The zero-order chi connectivity index (χ0) is 27.5. The molecule has 37 heavy (non-hydrogen) atoms. The normalized spacial score (nSPS) is 46.5. The van der Waals surface area contributed by atoms with E-state index in [1.54, 1.807) is 12.2 Å². The second kappa shape index (κ2) is 9.63. The van der Waals surface area contributed by atoms with Crippen molar-refractivity contribution in [3.63, 3.8) is 0 Å². The Balaban J connectivity index is 1.86. The summed E-state index contributed by atoms with van der Waals surface area (Å²) in [6.45, 7) is 9.61. The molecule has 0 heterocycles. The minimum atomic E-state index is -1.06. The largest absolute Gasteiger partial charge is 0.478 e. The maximum absolute atomic E-state index is 12.6. The van der Waals surface area contributed by atoms with E-state index in [1.165, 1.54) is 6.92 Å². The van der Waals surface area contributed by atoms with Crippen LogP contribution in [0.25, 0.3) is 0 Å². The summed E-state index contributed by atoms with van der Waals surface area (Å²) in [5, 5.41) is 20.8.